The zero-order valence-corrected chi connectivity index (χ0v) is 18.8. The van der Waals surface area contributed by atoms with Gasteiger partial charge in [0.15, 0.2) is 4.34 Å². The van der Waals surface area contributed by atoms with Crippen LogP contribution in [0.5, 0.6) is 0 Å². The number of aryl methyl sites for hydroxylation is 1. The molecular weight excluding hydrogens is 428 g/mol. The van der Waals surface area contributed by atoms with Gasteiger partial charge in [-0.2, -0.15) is 0 Å². The Bertz CT molecular complexity index is 1040. The lowest BCUT2D eigenvalue weighted by molar-refractivity contribution is -0.121. The summed E-state index contributed by atoms with van der Waals surface area (Å²) in [4.78, 5) is 32.6. The van der Waals surface area contributed by atoms with Crippen LogP contribution in [0.15, 0.2) is 69.2 Å². The van der Waals surface area contributed by atoms with Crippen molar-refractivity contribution in [3.63, 3.8) is 0 Å². The highest BCUT2D eigenvalue weighted by atomic mass is 32.2. The normalized spacial score (nSPS) is 16.0. The topological polar surface area (TPSA) is 74.3 Å². The smallest absolute Gasteiger partial charge is 0.321 e. The highest BCUT2D eigenvalue weighted by molar-refractivity contribution is 8.01. The minimum absolute atomic E-state index is 0.0480. The van der Waals surface area contributed by atoms with Crippen molar-refractivity contribution in [3.05, 3.63) is 65.7 Å². The van der Waals surface area contributed by atoms with Crippen LogP contribution in [0.1, 0.15) is 18.5 Å². The lowest BCUT2D eigenvalue weighted by Gasteiger charge is -2.32. The number of carbonyl (C=O) groups is 2. The summed E-state index contributed by atoms with van der Waals surface area (Å²) in [6.45, 7) is 3.06. The number of para-hydroxylation sites is 1. The lowest BCUT2D eigenvalue weighted by atomic mass is 9.97. The average molecular weight is 453 g/mol. The van der Waals surface area contributed by atoms with Crippen LogP contribution < -0.4 is 10.6 Å². The third kappa shape index (κ3) is 5.86. The molecule has 2 N–H and O–H groups in total. The minimum Gasteiger partial charge on any atom is -0.326 e. The number of aromatic nitrogens is 1. The molecule has 3 amide bonds. The van der Waals surface area contributed by atoms with Crippen LogP contribution >= 0.6 is 23.1 Å². The fraction of sp³-hybridized carbons (Fsp3) is 0.261. The van der Waals surface area contributed by atoms with Gasteiger partial charge in [0.25, 0.3) is 0 Å². The Labute approximate surface area is 190 Å². The van der Waals surface area contributed by atoms with Gasteiger partial charge >= 0.3 is 6.03 Å². The first-order valence-corrected chi connectivity index (χ1v) is 11.9. The second-order valence-corrected chi connectivity index (χ2v) is 9.63. The summed E-state index contributed by atoms with van der Waals surface area (Å²) in [6, 6.07) is 17.0. The van der Waals surface area contributed by atoms with Gasteiger partial charge in [-0.3, -0.25) is 4.79 Å². The summed E-state index contributed by atoms with van der Waals surface area (Å²) in [5.41, 5.74) is 2.54. The Morgan fingerprint density at radius 2 is 1.81 bits per heavy atom. The summed E-state index contributed by atoms with van der Waals surface area (Å²) in [5.74, 6) is -0.268. The molecule has 2 heterocycles. The van der Waals surface area contributed by atoms with Crippen molar-refractivity contribution in [2.24, 2.45) is 5.92 Å². The van der Waals surface area contributed by atoms with Gasteiger partial charge in [-0.1, -0.05) is 30.0 Å². The molecule has 8 heteroatoms. The SMILES string of the molecule is Cc1csc(Sc2ccc(NC(=O)C3CCCN(C(=O)Nc4ccccc4)C3)cc2)n1. The van der Waals surface area contributed by atoms with E-state index in [-0.39, 0.29) is 17.9 Å². The van der Waals surface area contributed by atoms with Crippen molar-refractivity contribution in [3.8, 4) is 0 Å². The molecule has 1 atom stereocenters. The quantitative estimate of drug-likeness (QED) is 0.537. The highest BCUT2D eigenvalue weighted by Gasteiger charge is 2.28. The number of likely N-dealkylation sites (tertiary alicyclic amines) is 1. The van der Waals surface area contributed by atoms with Crippen molar-refractivity contribution < 1.29 is 9.59 Å². The van der Waals surface area contributed by atoms with Crippen molar-refractivity contribution in [1.29, 1.82) is 0 Å². The van der Waals surface area contributed by atoms with Crippen molar-refractivity contribution in [2.45, 2.75) is 29.0 Å². The van der Waals surface area contributed by atoms with Gasteiger partial charge in [0, 0.05) is 40.4 Å². The maximum atomic E-state index is 12.8. The number of urea groups is 1. The molecule has 1 aliphatic heterocycles. The molecule has 0 radical (unpaired) electrons. The number of nitrogens with one attached hydrogen (secondary N) is 2. The highest BCUT2D eigenvalue weighted by Crippen LogP contribution is 2.31. The number of rotatable bonds is 5. The number of thiazole rings is 1. The summed E-state index contributed by atoms with van der Waals surface area (Å²) in [7, 11) is 0. The maximum Gasteiger partial charge on any atom is 0.321 e. The molecule has 1 unspecified atom stereocenters. The van der Waals surface area contributed by atoms with E-state index in [9.17, 15) is 9.59 Å². The molecule has 160 valence electrons. The zero-order valence-electron chi connectivity index (χ0n) is 17.2. The summed E-state index contributed by atoms with van der Waals surface area (Å²) >= 11 is 3.24. The number of piperidine rings is 1. The summed E-state index contributed by atoms with van der Waals surface area (Å²) in [5, 5.41) is 7.93. The molecule has 4 rings (SSSR count). The number of nitrogens with zero attached hydrogens (tertiary/aromatic N) is 2. The number of hydrogen-bond donors (Lipinski definition) is 2. The second kappa shape index (κ2) is 9.98. The average Bonchev–Trinajstić information content (AvgIpc) is 3.20. The van der Waals surface area contributed by atoms with Gasteiger partial charge in [-0.15, -0.1) is 11.3 Å². The van der Waals surface area contributed by atoms with E-state index in [2.05, 4.69) is 15.6 Å². The van der Waals surface area contributed by atoms with Gasteiger partial charge < -0.3 is 15.5 Å². The van der Waals surface area contributed by atoms with E-state index in [1.54, 1.807) is 28.0 Å². The predicted molar refractivity (Wildman–Crippen MR) is 126 cm³/mol. The molecule has 0 saturated carbocycles. The fourth-order valence-corrected chi connectivity index (χ4v) is 5.24. The molecule has 31 heavy (non-hydrogen) atoms. The van der Waals surface area contributed by atoms with Crippen LogP contribution in [0, 0.1) is 12.8 Å². The Hall–Kier alpha value is -2.84. The number of anilines is 2. The van der Waals surface area contributed by atoms with E-state index in [4.69, 9.17) is 0 Å². The van der Waals surface area contributed by atoms with Crippen LogP contribution in [-0.2, 0) is 4.79 Å². The standard InChI is InChI=1S/C23H24N4O2S2/c1-16-15-30-23(24-16)31-20-11-9-19(10-12-20)25-21(28)17-6-5-13-27(14-17)22(29)26-18-7-3-2-4-8-18/h2-4,7-12,15,17H,5-6,13-14H2,1H3,(H,25,28)(H,26,29). The van der Waals surface area contributed by atoms with Crippen LogP contribution in [0.4, 0.5) is 16.2 Å². The van der Waals surface area contributed by atoms with Crippen molar-refractivity contribution in [1.82, 2.24) is 9.88 Å². The van der Waals surface area contributed by atoms with E-state index in [0.717, 1.165) is 39.1 Å². The minimum atomic E-state index is -0.220. The Morgan fingerprint density at radius 3 is 2.52 bits per heavy atom. The van der Waals surface area contributed by atoms with Gasteiger partial charge in [-0.05, 0) is 56.2 Å². The van der Waals surface area contributed by atoms with Gasteiger partial charge in [0.1, 0.15) is 0 Å². The van der Waals surface area contributed by atoms with Crippen LogP contribution in [-0.4, -0.2) is 34.9 Å². The Balaban J connectivity index is 1.31. The first-order valence-electron chi connectivity index (χ1n) is 10.2. The fourth-order valence-electron chi connectivity index (χ4n) is 3.43. The van der Waals surface area contributed by atoms with E-state index in [0.29, 0.717) is 13.1 Å². The van der Waals surface area contributed by atoms with E-state index in [1.165, 1.54) is 0 Å². The predicted octanol–water partition coefficient (Wildman–Crippen LogP) is 5.49. The number of hydrogen-bond acceptors (Lipinski definition) is 5. The molecule has 0 aliphatic carbocycles. The van der Waals surface area contributed by atoms with Gasteiger partial charge in [0.2, 0.25) is 5.91 Å². The molecule has 1 aliphatic rings. The Kier molecular flexibility index (Phi) is 6.89. The van der Waals surface area contributed by atoms with E-state index >= 15 is 0 Å². The Morgan fingerprint density at radius 1 is 1.06 bits per heavy atom. The first-order chi connectivity index (χ1) is 15.1. The molecule has 2 aromatic carbocycles. The third-order valence-corrected chi connectivity index (χ3v) is 7.09. The van der Waals surface area contributed by atoms with Crippen molar-refractivity contribution in [2.75, 3.05) is 23.7 Å². The molecule has 0 bridgehead atoms. The molecule has 1 aromatic heterocycles. The zero-order chi connectivity index (χ0) is 21.6. The number of amides is 3. The maximum absolute atomic E-state index is 12.8. The molecular formula is C23H24N4O2S2. The first kappa shape index (κ1) is 21.4. The van der Waals surface area contributed by atoms with Crippen LogP contribution in [0.2, 0.25) is 0 Å². The second-order valence-electron chi connectivity index (χ2n) is 7.45. The monoisotopic (exact) mass is 452 g/mol. The van der Waals surface area contributed by atoms with E-state index in [1.807, 2.05) is 66.9 Å². The molecule has 1 saturated heterocycles. The summed E-state index contributed by atoms with van der Waals surface area (Å²) in [6.07, 6.45) is 1.58. The number of carbonyl (C=O) groups excluding carboxylic acids is 2. The van der Waals surface area contributed by atoms with Gasteiger partial charge in [0.05, 0.1) is 5.92 Å². The molecule has 6 nitrogen and oxygen atoms in total. The molecule has 0 spiro atoms. The largest absolute Gasteiger partial charge is 0.326 e. The van der Waals surface area contributed by atoms with Crippen molar-refractivity contribution >= 4 is 46.4 Å². The summed E-state index contributed by atoms with van der Waals surface area (Å²) < 4.78 is 1.00. The third-order valence-electron chi connectivity index (χ3n) is 5.03. The lowest BCUT2D eigenvalue weighted by Crippen LogP contribution is -2.45. The molecule has 3 aromatic rings. The van der Waals surface area contributed by atoms with E-state index < -0.39 is 0 Å². The van der Waals surface area contributed by atoms with Crippen LogP contribution in [0.3, 0.4) is 0 Å². The number of benzene rings is 2. The molecule has 1 fully saturated rings. The van der Waals surface area contributed by atoms with Gasteiger partial charge in [-0.25, -0.2) is 9.78 Å². The van der Waals surface area contributed by atoms with Crippen LogP contribution in [0.25, 0.3) is 0 Å².